The third-order valence-corrected chi connectivity index (χ3v) is 4.36. The molecule has 0 spiro atoms. The normalized spacial score (nSPS) is 11.6. The summed E-state index contributed by atoms with van der Waals surface area (Å²) in [5.74, 6) is 0. The van der Waals surface area contributed by atoms with Gasteiger partial charge in [0.05, 0.1) is 0 Å². The van der Waals surface area contributed by atoms with Crippen LogP contribution >= 0.6 is 0 Å². The molecule has 0 aromatic carbocycles. The van der Waals surface area contributed by atoms with Crippen molar-refractivity contribution in [3.05, 3.63) is 57.7 Å². The van der Waals surface area contributed by atoms with Crippen LogP contribution in [0.15, 0.2) is 12.1 Å². The minimum absolute atomic E-state index is 0. The number of nitrogens with zero attached hydrogens (tertiary/aromatic N) is 2. The monoisotopic (exact) mass is 624 g/mol. The topological polar surface area (TPSA) is 59.8 Å². The van der Waals surface area contributed by atoms with E-state index in [0.29, 0.717) is 0 Å². The molecule has 0 fully saturated rings. The third-order valence-electron chi connectivity index (χ3n) is 4.36. The van der Waals surface area contributed by atoms with Gasteiger partial charge in [0.2, 0.25) is 0 Å². The second kappa shape index (κ2) is 15.4. The van der Waals surface area contributed by atoms with Gasteiger partial charge in [-0.1, -0.05) is 105 Å². The Morgan fingerprint density at radius 1 is 0.515 bits per heavy atom. The Morgan fingerprint density at radius 3 is 0.818 bits per heavy atom. The van der Waals surface area contributed by atoms with Crippen LogP contribution in [0.3, 0.4) is 0 Å². The first kappa shape index (κ1) is 36.9. The molecule has 0 aliphatic carbocycles. The summed E-state index contributed by atoms with van der Waals surface area (Å²) in [5.41, 5.74) is 5.64. The maximum atomic E-state index is 3.50. The molecule has 4 nitrogen and oxygen atoms in total. The quantitative estimate of drug-likeness (QED) is 0.221. The molecule has 0 unspecified atom stereocenters. The fraction of sp³-hybridized carbons (Fsp3) is 0.714. The van der Waals surface area contributed by atoms with Crippen molar-refractivity contribution in [3.8, 4) is 0 Å². The summed E-state index contributed by atoms with van der Waals surface area (Å²) in [4.78, 5) is 6.88. The van der Waals surface area contributed by atoms with E-state index in [4.69, 9.17) is 0 Å². The Morgan fingerprint density at radius 2 is 0.727 bits per heavy atom. The SMILES string of the molecule is CC(C)(C)c1[c-]cc(C(C)(C)C)[nH]1.CC(C)(C)c1[c-]cc(C(C)(C)C)[nH]1.C[N-]C.C[N-]C.[Hf+4]. The molecule has 33 heavy (non-hydrogen) atoms. The molecule has 0 aliphatic heterocycles. The maximum Gasteiger partial charge on any atom is 4.00 e. The number of hydrogen-bond donors (Lipinski definition) is 2. The molecule has 0 amide bonds. The van der Waals surface area contributed by atoms with Crippen molar-refractivity contribution in [1.29, 1.82) is 0 Å². The average molecular weight is 623 g/mol. The molecule has 188 valence electrons. The number of aromatic nitrogens is 2. The summed E-state index contributed by atoms with van der Waals surface area (Å²) in [7, 11) is 7.00. The number of nitrogens with one attached hydrogen (secondary N) is 2. The van der Waals surface area contributed by atoms with Crippen LogP contribution in [0.5, 0.6) is 0 Å². The summed E-state index contributed by atoms with van der Waals surface area (Å²) >= 11 is 0. The molecular weight excluding hydrogens is 571 g/mol. The first-order chi connectivity index (χ1) is 14.2. The van der Waals surface area contributed by atoms with Crippen molar-refractivity contribution in [2.75, 3.05) is 28.2 Å². The van der Waals surface area contributed by atoms with Crippen LogP contribution in [-0.2, 0) is 47.5 Å². The van der Waals surface area contributed by atoms with Crippen LogP contribution in [0.4, 0.5) is 0 Å². The molecule has 2 rings (SSSR count). The minimum Gasteiger partial charge on any atom is -0.668 e. The maximum absolute atomic E-state index is 3.50. The molecule has 2 aromatic heterocycles. The molecule has 0 atom stereocenters. The minimum atomic E-state index is 0. The van der Waals surface area contributed by atoms with E-state index in [-0.39, 0.29) is 47.5 Å². The standard InChI is InChI=1S/2C12H20N.2C2H6N.Hf/c2*1-11(2,3)9-7-8-10(13-9)12(4,5)6;2*1-3-2;/h2*7,13H,1-6H3;2*1-2H3;/q4*-1;+4. The van der Waals surface area contributed by atoms with Gasteiger partial charge in [-0.15, -0.1) is 11.4 Å². The van der Waals surface area contributed by atoms with E-state index >= 15 is 0 Å². The van der Waals surface area contributed by atoms with Crippen LogP contribution < -0.4 is 0 Å². The molecule has 0 saturated heterocycles. The van der Waals surface area contributed by atoms with Crippen LogP contribution in [0, 0.1) is 12.1 Å². The molecule has 0 bridgehead atoms. The van der Waals surface area contributed by atoms with Crippen LogP contribution in [-0.4, -0.2) is 38.2 Å². The molecule has 2 aromatic rings. The molecule has 2 N–H and O–H groups in total. The van der Waals surface area contributed by atoms with Crippen molar-refractivity contribution in [1.82, 2.24) is 9.97 Å². The molecule has 5 heteroatoms. The molecule has 0 radical (unpaired) electrons. The van der Waals surface area contributed by atoms with Gasteiger partial charge in [0.1, 0.15) is 0 Å². The van der Waals surface area contributed by atoms with Gasteiger partial charge in [-0.05, 0) is 10.8 Å². The van der Waals surface area contributed by atoms with Crippen molar-refractivity contribution in [3.63, 3.8) is 0 Å². The smallest absolute Gasteiger partial charge is 0.668 e. The van der Waals surface area contributed by atoms with Gasteiger partial charge in [0.25, 0.3) is 0 Å². The number of H-pyrrole nitrogens is 2. The number of rotatable bonds is 0. The Balaban J connectivity index is -0.000000430. The van der Waals surface area contributed by atoms with E-state index in [1.807, 2.05) is 0 Å². The Labute approximate surface area is 225 Å². The predicted molar refractivity (Wildman–Crippen MR) is 144 cm³/mol. The first-order valence-corrected chi connectivity index (χ1v) is 11.4. The molecule has 0 saturated carbocycles. The van der Waals surface area contributed by atoms with Gasteiger partial charge < -0.3 is 20.6 Å². The van der Waals surface area contributed by atoms with Crippen molar-refractivity contribution in [2.45, 2.75) is 105 Å². The summed E-state index contributed by atoms with van der Waals surface area (Å²) in [6.07, 6.45) is 0. The number of hydrogen-bond acceptors (Lipinski definition) is 0. The number of aromatic amines is 2. The second-order valence-corrected chi connectivity index (χ2v) is 12.3. The van der Waals surface area contributed by atoms with Gasteiger partial charge in [-0.2, -0.15) is 28.2 Å². The fourth-order valence-corrected chi connectivity index (χ4v) is 2.32. The average Bonchev–Trinajstić information content (AvgIpc) is 3.25. The second-order valence-electron chi connectivity index (χ2n) is 12.3. The Kier molecular flexibility index (Phi) is 17.2. The van der Waals surface area contributed by atoms with E-state index in [9.17, 15) is 0 Å². The van der Waals surface area contributed by atoms with E-state index in [2.05, 4.69) is 128 Å². The predicted octanol–water partition coefficient (Wildman–Crippen LogP) is 8.06. The van der Waals surface area contributed by atoms with Gasteiger partial charge in [0, 0.05) is 0 Å². The van der Waals surface area contributed by atoms with Crippen molar-refractivity contribution in [2.24, 2.45) is 0 Å². The van der Waals surface area contributed by atoms with Gasteiger partial charge in [-0.25, -0.2) is 24.3 Å². The van der Waals surface area contributed by atoms with Gasteiger partial charge >= 0.3 is 25.8 Å². The molecule has 0 aliphatic rings. The first-order valence-electron chi connectivity index (χ1n) is 11.4. The summed E-state index contributed by atoms with van der Waals surface area (Å²) in [6.45, 7) is 26.4. The van der Waals surface area contributed by atoms with Crippen LogP contribution in [0.1, 0.15) is 106 Å². The largest absolute Gasteiger partial charge is 4.00 e. The van der Waals surface area contributed by atoms with Gasteiger partial charge in [0.15, 0.2) is 0 Å². The van der Waals surface area contributed by atoms with E-state index in [0.717, 1.165) is 0 Å². The molecule has 2 heterocycles. The third kappa shape index (κ3) is 15.8. The van der Waals surface area contributed by atoms with E-state index < -0.39 is 0 Å². The summed E-state index contributed by atoms with van der Waals surface area (Å²) in [5, 5.41) is 7.00. The van der Waals surface area contributed by atoms with E-state index in [1.54, 1.807) is 28.2 Å². The van der Waals surface area contributed by atoms with Crippen LogP contribution in [0.25, 0.3) is 10.6 Å². The Bertz CT molecular complexity index is 608. The molecular formula is C28H52HfN4. The zero-order valence-electron chi connectivity index (χ0n) is 24.5. The fourth-order valence-electron chi connectivity index (χ4n) is 2.32. The van der Waals surface area contributed by atoms with E-state index in [1.165, 1.54) is 22.8 Å². The van der Waals surface area contributed by atoms with Crippen molar-refractivity contribution < 1.29 is 25.8 Å². The zero-order valence-corrected chi connectivity index (χ0v) is 28.1. The van der Waals surface area contributed by atoms with Gasteiger partial charge in [-0.3, -0.25) is 0 Å². The Hall–Kier alpha value is -0.650. The van der Waals surface area contributed by atoms with Crippen molar-refractivity contribution >= 4 is 0 Å². The zero-order chi connectivity index (χ0) is 26.0. The summed E-state index contributed by atoms with van der Waals surface area (Å²) < 4.78 is 0. The van der Waals surface area contributed by atoms with Crippen LogP contribution in [0.2, 0.25) is 0 Å². The summed E-state index contributed by atoms with van der Waals surface area (Å²) in [6, 6.07) is 10.7.